The van der Waals surface area contributed by atoms with Crippen LogP contribution in [-0.2, 0) is 0 Å². The van der Waals surface area contributed by atoms with Crippen LogP contribution in [0.15, 0.2) is 18.2 Å². The minimum atomic E-state index is 0.527. The predicted molar refractivity (Wildman–Crippen MR) is 71.1 cm³/mol. The Kier molecular flexibility index (Phi) is 3.62. The molecule has 0 radical (unpaired) electrons. The Labute approximate surface area is 110 Å². The number of halogens is 1. The zero-order valence-corrected chi connectivity index (χ0v) is 11.1. The maximum Gasteiger partial charge on any atom is 0.156 e. The van der Waals surface area contributed by atoms with Crippen LogP contribution in [0.3, 0.4) is 0 Å². The van der Waals surface area contributed by atoms with E-state index in [4.69, 9.17) is 16.3 Å². The van der Waals surface area contributed by atoms with Crippen molar-refractivity contribution in [3.63, 3.8) is 0 Å². The number of hydrogen-bond donors (Lipinski definition) is 1. The van der Waals surface area contributed by atoms with E-state index in [0.717, 1.165) is 5.56 Å². The molecule has 0 amide bonds. The van der Waals surface area contributed by atoms with Gasteiger partial charge in [0.2, 0.25) is 0 Å². The van der Waals surface area contributed by atoms with Gasteiger partial charge in [-0.2, -0.15) is 0 Å². The van der Waals surface area contributed by atoms with Crippen molar-refractivity contribution in [1.82, 2.24) is 15.2 Å². The molecule has 5 nitrogen and oxygen atoms in total. The molecule has 0 atom stereocenters. The van der Waals surface area contributed by atoms with Crippen LogP contribution >= 0.6 is 11.6 Å². The van der Waals surface area contributed by atoms with Crippen molar-refractivity contribution in [2.45, 2.75) is 6.92 Å². The molecule has 2 aromatic rings. The molecule has 0 bridgehead atoms. The van der Waals surface area contributed by atoms with Crippen molar-refractivity contribution in [2.24, 2.45) is 0 Å². The fourth-order valence-electron chi connectivity index (χ4n) is 1.59. The highest BCUT2D eigenvalue weighted by atomic mass is 35.5. The van der Waals surface area contributed by atoms with Crippen molar-refractivity contribution in [1.29, 1.82) is 0 Å². The van der Waals surface area contributed by atoms with Crippen molar-refractivity contribution in [3.05, 3.63) is 29.0 Å². The molecule has 0 fully saturated rings. The van der Waals surface area contributed by atoms with Crippen LogP contribution in [-0.4, -0.2) is 29.3 Å². The van der Waals surface area contributed by atoms with Gasteiger partial charge in [0.1, 0.15) is 17.3 Å². The average molecular weight is 265 g/mol. The van der Waals surface area contributed by atoms with E-state index >= 15 is 0 Å². The third kappa shape index (κ3) is 2.36. The molecule has 94 valence electrons. The number of ether oxygens (including phenoxy) is 1. The van der Waals surface area contributed by atoms with Gasteiger partial charge in [0, 0.05) is 12.6 Å². The fourth-order valence-corrected chi connectivity index (χ4v) is 1.85. The summed E-state index contributed by atoms with van der Waals surface area (Å²) in [5.74, 6) is 1.91. The van der Waals surface area contributed by atoms with E-state index in [1.807, 2.05) is 6.07 Å². The Morgan fingerprint density at radius 1 is 1.28 bits per heavy atom. The molecule has 0 aliphatic carbocycles. The number of nitrogens with one attached hydrogen (secondary N) is 1. The van der Waals surface area contributed by atoms with E-state index in [1.165, 1.54) is 0 Å². The van der Waals surface area contributed by atoms with Gasteiger partial charge in [0.25, 0.3) is 0 Å². The second kappa shape index (κ2) is 5.18. The summed E-state index contributed by atoms with van der Waals surface area (Å²) in [7, 11) is 3.37. The number of benzene rings is 1. The first kappa shape index (κ1) is 12.6. The molecule has 18 heavy (non-hydrogen) atoms. The molecule has 1 N–H and O–H groups in total. The number of aryl methyl sites for hydroxylation is 1. The molecular weight excluding hydrogens is 252 g/mol. The van der Waals surface area contributed by atoms with Crippen LogP contribution in [0.25, 0.3) is 11.3 Å². The smallest absolute Gasteiger partial charge is 0.156 e. The second-order valence-electron chi connectivity index (χ2n) is 3.66. The minimum Gasteiger partial charge on any atom is -0.495 e. The lowest BCUT2D eigenvalue weighted by Crippen LogP contribution is -2.02. The van der Waals surface area contributed by atoms with Crippen LogP contribution in [0.1, 0.15) is 5.82 Å². The molecule has 0 aliphatic rings. The lowest BCUT2D eigenvalue weighted by Gasteiger charge is -2.09. The van der Waals surface area contributed by atoms with Crippen LogP contribution in [0.4, 0.5) is 5.82 Å². The van der Waals surface area contributed by atoms with Crippen LogP contribution in [0.2, 0.25) is 5.02 Å². The Balaban J connectivity index is 2.51. The largest absolute Gasteiger partial charge is 0.495 e. The summed E-state index contributed by atoms with van der Waals surface area (Å²) in [5.41, 5.74) is 1.50. The van der Waals surface area contributed by atoms with Crippen molar-refractivity contribution in [3.8, 4) is 17.0 Å². The summed E-state index contributed by atoms with van der Waals surface area (Å²) >= 11 is 6.09. The van der Waals surface area contributed by atoms with Gasteiger partial charge in [-0.25, -0.2) is 4.98 Å². The quantitative estimate of drug-likeness (QED) is 0.923. The zero-order chi connectivity index (χ0) is 13.1. The van der Waals surface area contributed by atoms with E-state index in [2.05, 4.69) is 20.5 Å². The van der Waals surface area contributed by atoms with Gasteiger partial charge in [0.05, 0.1) is 12.1 Å². The summed E-state index contributed by atoms with van der Waals surface area (Å²) in [5, 5.41) is 11.6. The molecule has 1 heterocycles. The van der Waals surface area contributed by atoms with Crippen molar-refractivity contribution >= 4 is 17.4 Å². The fraction of sp³-hybridized carbons (Fsp3) is 0.250. The number of hydrogen-bond acceptors (Lipinski definition) is 5. The third-order valence-electron chi connectivity index (χ3n) is 2.45. The van der Waals surface area contributed by atoms with E-state index in [9.17, 15) is 0 Å². The zero-order valence-electron chi connectivity index (χ0n) is 10.4. The molecule has 0 aliphatic heterocycles. The number of aromatic nitrogens is 3. The Hall–Kier alpha value is -1.88. The maximum atomic E-state index is 6.09. The van der Waals surface area contributed by atoms with Crippen LogP contribution in [0, 0.1) is 6.92 Å². The highest BCUT2D eigenvalue weighted by molar-refractivity contribution is 6.32. The summed E-state index contributed by atoms with van der Waals surface area (Å²) in [6.45, 7) is 1.79. The number of nitrogens with zero attached hydrogens (tertiary/aromatic N) is 3. The summed E-state index contributed by atoms with van der Waals surface area (Å²) in [6.07, 6.45) is 0. The predicted octanol–water partition coefficient (Wildman–Crippen LogP) is 2.55. The Morgan fingerprint density at radius 2 is 2.06 bits per heavy atom. The number of methoxy groups -OCH3 is 1. The van der Waals surface area contributed by atoms with E-state index in [0.29, 0.717) is 28.1 Å². The topological polar surface area (TPSA) is 59.9 Å². The second-order valence-corrected chi connectivity index (χ2v) is 4.06. The van der Waals surface area contributed by atoms with Crippen LogP contribution < -0.4 is 10.1 Å². The molecule has 1 aromatic carbocycles. The normalized spacial score (nSPS) is 10.2. The van der Waals surface area contributed by atoms with Gasteiger partial charge in [-0.15, -0.1) is 10.2 Å². The van der Waals surface area contributed by atoms with Gasteiger partial charge in [0.15, 0.2) is 5.82 Å². The minimum absolute atomic E-state index is 0.527. The Morgan fingerprint density at radius 3 is 2.67 bits per heavy atom. The van der Waals surface area contributed by atoms with Crippen molar-refractivity contribution in [2.75, 3.05) is 19.5 Å². The van der Waals surface area contributed by atoms with E-state index in [-0.39, 0.29) is 0 Å². The maximum absolute atomic E-state index is 6.09. The molecule has 6 heteroatoms. The van der Waals surface area contributed by atoms with Crippen LogP contribution in [0.5, 0.6) is 5.75 Å². The monoisotopic (exact) mass is 264 g/mol. The lowest BCUT2D eigenvalue weighted by molar-refractivity contribution is 0.415. The average Bonchev–Trinajstić information content (AvgIpc) is 2.38. The lowest BCUT2D eigenvalue weighted by atomic mass is 10.1. The van der Waals surface area contributed by atoms with E-state index < -0.39 is 0 Å². The summed E-state index contributed by atoms with van der Waals surface area (Å²) < 4.78 is 5.11. The first-order valence-electron chi connectivity index (χ1n) is 5.38. The summed E-state index contributed by atoms with van der Waals surface area (Å²) in [4.78, 5) is 4.28. The van der Waals surface area contributed by atoms with Gasteiger partial charge in [-0.3, -0.25) is 0 Å². The third-order valence-corrected chi connectivity index (χ3v) is 2.75. The molecular formula is C12H13ClN4O. The van der Waals surface area contributed by atoms with Gasteiger partial charge in [-0.1, -0.05) is 11.6 Å². The van der Waals surface area contributed by atoms with Gasteiger partial charge < -0.3 is 10.1 Å². The molecule has 0 unspecified atom stereocenters. The number of anilines is 1. The molecule has 0 saturated carbocycles. The highest BCUT2D eigenvalue weighted by Crippen LogP contribution is 2.31. The highest BCUT2D eigenvalue weighted by Gasteiger charge is 2.11. The first-order chi connectivity index (χ1) is 8.65. The standard InChI is InChI=1S/C12H13ClN4O/c1-7-15-12(14-2)11(17-16-7)8-4-5-10(18-3)9(13)6-8/h4-6H,1-3H3,(H,14,15,16). The van der Waals surface area contributed by atoms with E-state index in [1.54, 1.807) is 33.2 Å². The molecule has 0 saturated heterocycles. The SMILES string of the molecule is CNc1nc(C)nnc1-c1ccc(OC)c(Cl)c1. The summed E-state index contributed by atoms with van der Waals surface area (Å²) in [6, 6.07) is 5.44. The number of rotatable bonds is 3. The Bertz CT molecular complexity index is 574. The molecule has 2 rings (SSSR count). The van der Waals surface area contributed by atoms with Gasteiger partial charge >= 0.3 is 0 Å². The van der Waals surface area contributed by atoms with Crippen molar-refractivity contribution < 1.29 is 4.74 Å². The molecule has 1 aromatic heterocycles. The first-order valence-corrected chi connectivity index (χ1v) is 5.76. The van der Waals surface area contributed by atoms with Gasteiger partial charge in [-0.05, 0) is 25.1 Å². The molecule has 0 spiro atoms.